The average Bonchev–Trinajstić information content (AvgIpc) is 2.54. The van der Waals surface area contributed by atoms with Crippen molar-refractivity contribution in [3.8, 4) is 6.07 Å². The summed E-state index contributed by atoms with van der Waals surface area (Å²) in [5.41, 5.74) is 4.99. The van der Waals surface area contributed by atoms with Crippen LogP contribution >= 0.6 is 11.3 Å². The number of rotatable bonds is 0. The summed E-state index contributed by atoms with van der Waals surface area (Å²) < 4.78 is 38.5. The predicted molar refractivity (Wildman–Crippen MR) is 56.0 cm³/mol. The number of alkyl halides is 3. The summed E-state index contributed by atoms with van der Waals surface area (Å²) in [7, 11) is 0. The van der Waals surface area contributed by atoms with Crippen molar-refractivity contribution in [3.05, 3.63) is 28.6 Å². The van der Waals surface area contributed by atoms with Crippen LogP contribution in [0, 0.1) is 11.3 Å². The Morgan fingerprint density at radius 2 is 2.00 bits per heavy atom. The summed E-state index contributed by atoms with van der Waals surface area (Å²) in [5.74, 6) is 0. The van der Waals surface area contributed by atoms with E-state index in [1.165, 1.54) is 18.2 Å². The topological polar surface area (TPSA) is 49.8 Å². The number of hydrogen-bond acceptors (Lipinski definition) is 3. The molecule has 0 aliphatic rings. The van der Waals surface area contributed by atoms with Crippen LogP contribution in [0.1, 0.15) is 10.4 Å². The lowest BCUT2D eigenvalue weighted by molar-refractivity contribution is -0.136. The Bertz CT molecular complexity index is 592. The highest BCUT2D eigenvalue weighted by atomic mass is 32.1. The van der Waals surface area contributed by atoms with E-state index in [1.54, 1.807) is 6.07 Å². The second kappa shape index (κ2) is 3.39. The number of nitrogen functional groups attached to an aromatic ring is 1. The van der Waals surface area contributed by atoms with Crippen molar-refractivity contribution in [2.24, 2.45) is 0 Å². The van der Waals surface area contributed by atoms with E-state index in [0.717, 1.165) is 11.3 Å². The molecule has 0 bridgehead atoms. The third-order valence-electron chi connectivity index (χ3n) is 2.10. The molecule has 0 unspecified atom stereocenters. The zero-order valence-electron chi connectivity index (χ0n) is 7.80. The van der Waals surface area contributed by atoms with Gasteiger partial charge in [-0.15, -0.1) is 11.3 Å². The fourth-order valence-electron chi connectivity index (χ4n) is 1.47. The van der Waals surface area contributed by atoms with Gasteiger partial charge in [0.25, 0.3) is 0 Å². The van der Waals surface area contributed by atoms with Gasteiger partial charge in [-0.05, 0) is 12.1 Å². The van der Waals surface area contributed by atoms with Gasteiger partial charge in [0, 0.05) is 15.8 Å². The van der Waals surface area contributed by atoms with Gasteiger partial charge < -0.3 is 5.73 Å². The van der Waals surface area contributed by atoms with Gasteiger partial charge in [0.05, 0.1) is 5.56 Å². The maximum atomic E-state index is 12.7. The summed E-state index contributed by atoms with van der Waals surface area (Å²) in [6.07, 6.45) is -4.51. The van der Waals surface area contributed by atoms with Gasteiger partial charge in [0.1, 0.15) is 10.9 Å². The third-order valence-corrected chi connectivity index (χ3v) is 3.16. The van der Waals surface area contributed by atoms with Gasteiger partial charge in [-0.25, -0.2) is 0 Å². The Morgan fingerprint density at radius 3 is 2.56 bits per heavy atom. The number of nitrogens with zero attached hydrogens (tertiary/aromatic N) is 1. The van der Waals surface area contributed by atoms with Gasteiger partial charge in [-0.3, -0.25) is 0 Å². The average molecular weight is 242 g/mol. The van der Waals surface area contributed by atoms with E-state index in [4.69, 9.17) is 11.0 Å². The van der Waals surface area contributed by atoms with Crippen LogP contribution in [0.15, 0.2) is 18.2 Å². The molecule has 0 saturated carbocycles. The van der Waals surface area contributed by atoms with Crippen LogP contribution in [0.5, 0.6) is 0 Å². The summed E-state index contributed by atoms with van der Waals surface area (Å²) in [4.78, 5) is -0.326. The maximum Gasteiger partial charge on any atom is 0.419 e. The van der Waals surface area contributed by atoms with Crippen molar-refractivity contribution in [3.63, 3.8) is 0 Å². The molecule has 1 aromatic heterocycles. The lowest BCUT2D eigenvalue weighted by atomic mass is 10.1. The molecular weight excluding hydrogens is 237 g/mol. The van der Waals surface area contributed by atoms with E-state index in [1.807, 2.05) is 0 Å². The highest BCUT2D eigenvalue weighted by Gasteiger charge is 2.37. The summed E-state index contributed by atoms with van der Waals surface area (Å²) in [6, 6.07) is 5.70. The molecule has 0 aliphatic carbocycles. The van der Waals surface area contributed by atoms with Crippen molar-refractivity contribution in [1.29, 1.82) is 5.26 Å². The first-order valence-electron chi connectivity index (χ1n) is 4.23. The zero-order chi connectivity index (χ0) is 11.9. The molecule has 0 radical (unpaired) electrons. The van der Waals surface area contributed by atoms with Crippen LogP contribution < -0.4 is 5.73 Å². The fraction of sp³-hybridized carbons (Fsp3) is 0.100. The third kappa shape index (κ3) is 1.59. The van der Waals surface area contributed by atoms with E-state index in [-0.39, 0.29) is 10.3 Å². The highest BCUT2D eigenvalue weighted by molar-refractivity contribution is 7.19. The van der Waals surface area contributed by atoms with Crippen LogP contribution in [-0.4, -0.2) is 0 Å². The normalized spacial score (nSPS) is 11.6. The first-order chi connectivity index (χ1) is 7.43. The van der Waals surface area contributed by atoms with Crippen molar-refractivity contribution < 1.29 is 13.2 Å². The number of thiophene rings is 1. The van der Waals surface area contributed by atoms with E-state index >= 15 is 0 Å². The molecule has 1 heterocycles. The van der Waals surface area contributed by atoms with E-state index in [2.05, 4.69) is 0 Å². The Labute approximate surface area is 92.7 Å². The Morgan fingerprint density at radius 1 is 1.31 bits per heavy atom. The number of nitrogens with two attached hydrogens (primary N) is 1. The van der Waals surface area contributed by atoms with Gasteiger partial charge in [-0.2, -0.15) is 18.4 Å². The summed E-state index contributed by atoms with van der Waals surface area (Å²) in [5, 5.41) is 8.71. The number of nitriles is 1. The maximum absolute atomic E-state index is 12.7. The smallest absolute Gasteiger partial charge is 0.399 e. The summed E-state index contributed by atoms with van der Waals surface area (Å²) >= 11 is 0.804. The van der Waals surface area contributed by atoms with Crippen molar-refractivity contribution in [2.45, 2.75) is 6.18 Å². The quantitative estimate of drug-likeness (QED) is 0.720. The molecule has 0 saturated heterocycles. The lowest BCUT2D eigenvalue weighted by Gasteiger charge is -2.05. The first kappa shape index (κ1) is 10.8. The minimum absolute atomic E-state index is 0.0308. The Kier molecular flexibility index (Phi) is 2.28. The fourth-order valence-corrected chi connectivity index (χ4v) is 2.54. The van der Waals surface area contributed by atoms with Crippen molar-refractivity contribution in [1.82, 2.24) is 0 Å². The largest absolute Gasteiger partial charge is 0.419 e. The standard InChI is InChI=1S/C10H5F3N2S/c11-10(12,13)9-6-2-1-5(15)3-7(6)16-8(9)4-14/h1-3H,15H2. The summed E-state index contributed by atoms with van der Waals surface area (Å²) in [6.45, 7) is 0. The second-order valence-electron chi connectivity index (χ2n) is 3.17. The predicted octanol–water partition coefficient (Wildman–Crippen LogP) is 3.37. The molecule has 6 heteroatoms. The Hall–Kier alpha value is -1.74. The van der Waals surface area contributed by atoms with Crippen LogP contribution in [0.25, 0.3) is 10.1 Å². The number of fused-ring (bicyclic) bond motifs is 1. The van der Waals surface area contributed by atoms with Gasteiger partial charge >= 0.3 is 6.18 Å². The molecule has 16 heavy (non-hydrogen) atoms. The number of halogens is 3. The van der Waals surface area contributed by atoms with Crippen molar-refractivity contribution >= 4 is 27.1 Å². The molecule has 2 N–H and O–H groups in total. The minimum atomic E-state index is -4.51. The monoisotopic (exact) mass is 242 g/mol. The lowest BCUT2D eigenvalue weighted by Crippen LogP contribution is -2.05. The van der Waals surface area contributed by atoms with E-state index < -0.39 is 11.7 Å². The molecule has 0 amide bonds. The number of benzene rings is 1. The van der Waals surface area contributed by atoms with Crippen LogP contribution in [0.3, 0.4) is 0 Å². The molecule has 1 aromatic carbocycles. The van der Waals surface area contributed by atoms with Crippen molar-refractivity contribution in [2.75, 3.05) is 5.73 Å². The highest BCUT2D eigenvalue weighted by Crippen LogP contribution is 2.42. The van der Waals surface area contributed by atoms with Gasteiger partial charge in [0.15, 0.2) is 0 Å². The van der Waals surface area contributed by atoms with Crippen LogP contribution in [0.2, 0.25) is 0 Å². The van der Waals surface area contributed by atoms with E-state index in [9.17, 15) is 13.2 Å². The minimum Gasteiger partial charge on any atom is -0.399 e. The molecule has 2 nitrogen and oxygen atoms in total. The molecule has 2 aromatic rings. The molecule has 82 valence electrons. The van der Waals surface area contributed by atoms with Gasteiger partial charge in [0.2, 0.25) is 0 Å². The van der Waals surface area contributed by atoms with Crippen LogP contribution in [-0.2, 0) is 6.18 Å². The van der Waals surface area contributed by atoms with E-state index in [0.29, 0.717) is 10.4 Å². The molecule has 0 aliphatic heterocycles. The van der Waals surface area contributed by atoms with Crippen LogP contribution in [0.4, 0.5) is 18.9 Å². The van der Waals surface area contributed by atoms with Gasteiger partial charge in [-0.1, -0.05) is 6.07 Å². The Balaban J connectivity index is 2.86. The SMILES string of the molecule is N#Cc1sc2cc(N)ccc2c1C(F)(F)F. The zero-order valence-corrected chi connectivity index (χ0v) is 8.62. The number of anilines is 1. The second-order valence-corrected chi connectivity index (χ2v) is 4.22. The first-order valence-corrected chi connectivity index (χ1v) is 5.04. The molecular formula is C10H5F3N2S. The molecule has 0 fully saturated rings. The molecule has 2 rings (SSSR count). The number of hydrogen-bond donors (Lipinski definition) is 1. The molecule has 0 spiro atoms. The molecule has 0 atom stereocenters.